The average molecular weight is 399 g/mol. The predicted molar refractivity (Wildman–Crippen MR) is 94.9 cm³/mol. The second-order valence-corrected chi connectivity index (χ2v) is 7.49. The highest BCUT2D eigenvalue weighted by Crippen LogP contribution is 2.26. The summed E-state index contributed by atoms with van der Waals surface area (Å²) in [6, 6.07) is 6.12. The van der Waals surface area contributed by atoms with E-state index in [2.05, 4.69) is 5.32 Å². The van der Waals surface area contributed by atoms with E-state index in [-0.39, 0.29) is 17.1 Å². The fourth-order valence-electron chi connectivity index (χ4n) is 2.37. The Balaban J connectivity index is 2.36. The third-order valence-corrected chi connectivity index (χ3v) is 4.81. The number of benzene rings is 2. The van der Waals surface area contributed by atoms with Crippen molar-refractivity contribution in [1.29, 1.82) is 0 Å². The molecule has 0 aliphatic heterocycles. The van der Waals surface area contributed by atoms with E-state index in [0.717, 1.165) is 30.5 Å². The maximum absolute atomic E-state index is 13.3. The summed E-state index contributed by atoms with van der Waals surface area (Å²) >= 11 is 0. The summed E-state index contributed by atoms with van der Waals surface area (Å²) < 4.78 is 51.3. The van der Waals surface area contributed by atoms with E-state index in [0.29, 0.717) is 4.31 Å². The summed E-state index contributed by atoms with van der Waals surface area (Å²) in [7, 11) is -4.00. The molecule has 8 nitrogen and oxygen atoms in total. The van der Waals surface area contributed by atoms with Crippen LogP contribution in [0.5, 0.6) is 0 Å². The van der Waals surface area contributed by atoms with Crippen LogP contribution in [0.1, 0.15) is 6.92 Å². The molecule has 0 aromatic heterocycles. The highest BCUT2D eigenvalue weighted by Gasteiger charge is 2.30. The lowest BCUT2D eigenvalue weighted by Crippen LogP contribution is -2.45. The largest absolute Gasteiger partial charge is 0.324 e. The first kappa shape index (κ1) is 20.2. The van der Waals surface area contributed by atoms with E-state index < -0.39 is 38.5 Å². The lowest BCUT2D eigenvalue weighted by molar-refractivity contribution is -0.384. The minimum absolute atomic E-state index is 0.0711. The summed E-state index contributed by atoms with van der Waals surface area (Å²) in [6.07, 6.45) is 0.840. The Labute approximate surface area is 153 Å². The number of hydrogen-bond donors (Lipinski definition) is 1. The number of nitrogens with zero attached hydrogens (tertiary/aromatic N) is 2. The van der Waals surface area contributed by atoms with Crippen molar-refractivity contribution in [2.45, 2.75) is 13.0 Å². The van der Waals surface area contributed by atoms with E-state index in [1.807, 2.05) is 0 Å². The molecule has 0 saturated heterocycles. The number of sulfonamides is 1. The van der Waals surface area contributed by atoms with Crippen molar-refractivity contribution >= 4 is 33.0 Å². The molecular formula is C16H15F2N3O5S. The van der Waals surface area contributed by atoms with Crippen LogP contribution in [0.15, 0.2) is 42.5 Å². The van der Waals surface area contributed by atoms with Gasteiger partial charge < -0.3 is 5.32 Å². The highest BCUT2D eigenvalue weighted by atomic mass is 32.2. The molecule has 0 heterocycles. The van der Waals surface area contributed by atoms with Gasteiger partial charge in [0.25, 0.3) is 5.69 Å². The van der Waals surface area contributed by atoms with Crippen LogP contribution in [0.2, 0.25) is 0 Å². The molecule has 11 heteroatoms. The molecule has 1 unspecified atom stereocenters. The van der Waals surface area contributed by atoms with Crippen LogP contribution >= 0.6 is 0 Å². The van der Waals surface area contributed by atoms with Crippen LogP contribution in [0.25, 0.3) is 0 Å². The number of halogens is 2. The minimum atomic E-state index is -4.00. The number of anilines is 2. The summed E-state index contributed by atoms with van der Waals surface area (Å²) in [4.78, 5) is 22.6. The van der Waals surface area contributed by atoms with Crippen LogP contribution in [0, 0.1) is 21.7 Å². The minimum Gasteiger partial charge on any atom is -0.324 e. The molecule has 2 rings (SSSR count). The Morgan fingerprint density at radius 3 is 2.41 bits per heavy atom. The zero-order valence-corrected chi connectivity index (χ0v) is 15.0. The molecule has 1 N–H and O–H groups in total. The van der Waals surface area contributed by atoms with Gasteiger partial charge in [-0.15, -0.1) is 0 Å². The molecule has 144 valence electrons. The van der Waals surface area contributed by atoms with Gasteiger partial charge in [0.05, 0.1) is 16.9 Å². The van der Waals surface area contributed by atoms with E-state index in [1.54, 1.807) is 0 Å². The Morgan fingerprint density at radius 2 is 1.85 bits per heavy atom. The fraction of sp³-hybridized carbons (Fsp3) is 0.188. The molecule has 0 radical (unpaired) electrons. The normalized spacial score (nSPS) is 12.3. The summed E-state index contributed by atoms with van der Waals surface area (Å²) in [6.45, 7) is 1.26. The molecular weight excluding hydrogens is 384 g/mol. The number of non-ortho nitro benzene ring substituents is 1. The number of carbonyl (C=O) groups is 1. The summed E-state index contributed by atoms with van der Waals surface area (Å²) in [5.41, 5.74) is -0.507. The van der Waals surface area contributed by atoms with Gasteiger partial charge in [0.1, 0.15) is 6.04 Å². The van der Waals surface area contributed by atoms with Crippen molar-refractivity contribution in [2.24, 2.45) is 0 Å². The monoisotopic (exact) mass is 399 g/mol. The summed E-state index contributed by atoms with van der Waals surface area (Å²) in [5, 5.41) is 13.2. The van der Waals surface area contributed by atoms with Crippen LogP contribution in [0.3, 0.4) is 0 Å². The van der Waals surface area contributed by atoms with E-state index in [9.17, 15) is 32.1 Å². The number of nitro groups is 1. The van der Waals surface area contributed by atoms with Crippen molar-refractivity contribution in [2.75, 3.05) is 15.9 Å². The zero-order valence-electron chi connectivity index (χ0n) is 14.2. The molecule has 2 aromatic rings. The number of nitro benzene ring substituents is 1. The first-order chi connectivity index (χ1) is 12.5. The number of hydrogen-bond acceptors (Lipinski definition) is 5. The molecule has 0 aliphatic carbocycles. The molecule has 0 spiro atoms. The third kappa shape index (κ3) is 4.76. The molecule has 0 aliphatic rings. The Morgan fingerprint density at radius 1 is 1.19 bits per heavy atom. The van der Waals surface area contributed by atoms with Gasteiger partial charge in [-0.3, -0.25) is 19.2 Å². The van der Waals surface area contributed by atoms with E-state index >= 15 is 0 Å². The predicted octanol–water partition coefficient (Wildman–Crippen LogP) is 2.67. The number of nitrogens with one attached hydrogen (secondary N) is 1. The van der Waals surface area contributed by atoms with Crippen molar-refractivity contribution in [3.8, 4) is 0 Å². The maximum atomic E-state index is 13.3. The van der Waals surface area contributed by atoms with E-state index in [4.69, 9.17) is 0 Å². The van der Waals surface area contributed by atoms with Gasteiger partial charge >= 0.3 is 0 Å². The van der Waals surface area contributed by atoms with Gasteiger partial charge in [-0.1, -0.05) is 6.07 Å². The standard InChI is InChI=1S/C16H15F2N3O5S/c1-10(16(22)19-11-6-7-14(17)15(18)8-11)20(27(2,25)26)12-4-3-5-13(9-12)21(23)24/h3-10H,1-2H3,(H,19,22). The lowest BCUT2D eigenvalue weighted by Gasteiger charge is -2.28. The highest BCUT2D eigenvalue weighted by molar-refractivity contribution is 7.92. The van der Waals surface area contributed by atoms with Crippen molar-refractivity contribution in [3.63, 3.8) is 0 Å². The molecule has 0 bridgehead atoms. The smallest absolute Gasteiger partial charge is 0.271 e. The van der Waals surface area contributed by atoms with Gasteiger partial charge in [0.15, 0.2) is 11.6 Å². The van der Waals surface area contributed by atoms with Gasteiger partial charge in [-0.2, -0.15) is 0 Å². The maximum Gasteiger partial charge on any atom is 0.271 e. The SMILES string of the molecule is CC(C(=O)Nc1ccc(F)c(F)c1)N(c1cccc([N+](=O)[O-])c1)S(C)(=O)=O. The van der Waals surface area contributed by atoms with Gasteiger partial charge in [0, 0.05) is 23.9 Å². The second kappa shape index (κ2) is 7.66. The van der Waals surface area contributed by atoms with Crippen molar-refractivity contribution in [1.82, 2.24) is 0 Å². The molecule has 27 heavy (non-hydrogen) atoms. The number of amides is 1. The van der Waals surface area contributed by atoms with Crippen LogP contribution in [0.4, 0.5) is 25.8 Å². The molecule has 0 fully saturated rings. The first-order valence-electron chi connectivity index (χ1n) is 7.50. The van der Waals surface area contributed by atoms with Crippen LogP contribution in [-0.4, -0.2) is 31.5 Å². The van der Waals surface area contributed by atoms with Crippen molar-refractivity contribution < 1.29 is 26.9 Å². The molecule has 1 amide bonds. The Bertz CT molecular complexity index is 997. The fourth-order valence-corrected chi connectivity index (χ4v) is 3.54. The topological polar surface area (TPSA) is 110 Å². The lowest BCUT2D eigenvalue weighted by atomic mass is 10.2. The van der Waals surface area contributed by atoms with Gasteiger partial charge in [-0.25, -0.2) is 17.2 Å². The van der Waals surface area contributed by atoms with Gasteiger partial charge in [-0.05, 0) is 25.1 Å². The first-order valence-corrected chi connectivity index (χ1v) is 9.35. The quantitative estimate of drug-likeness (QED) is 0.593. The molecule has 0 saturated carbocycles. The zero-order chi connectivity index (χ0) is 20.4. The average Bonchev–Trinajstić information content (AvgIpc) is 2.57. The molecule has 1 atom stereocenters. The number of rotatable bonds is 6. The Hall–Kier alpha value is -3.08. The van der Waals surface area contributed by atoms with Crippen LogP contribution < -0.4 is 9.62 Å². The van der Waals surface area contributed by atoms with E-state index in [1.165, 1.54) is 25.1 Å². The second-order valence-electron chi connectivity index (χ2n) is 5.63. The van der Waals surface area contributed by atoms with Crippen LogP contribution in [-0.2, 0) is 14.8 Å². The third-order valence-electron chi connectivity index (χ3n) is 3.57. The Kier molecular flexibility index (Phi) is 5.74. The van der Waals surface area contributed by atoms with Gasteiger partial charge in [0.2, 0.25) is 15.9 Å². The summed E-state index contributed by atoms with van der Waals surface area (Å²) in [5.74, 6) is -3.12. The molecule has 2 aromatic carbocycles. The number of carbonyl (C=O) groups excluding carboxylic acids is 1. The van der Waals surface area contributed by atoms with Crippen molar-refractivity contribution in [3.05, 3.63) is 64.2 Å².